The van der Waals surface area contributed by atoms with Crippen molar-refractivity contribution in [2.45, 2.75) is 36.0 Å². The van der Waals surface area contributed by atoms with E-state index in [2.05, 4.69) is 21.9 Å². The predicted molar refractivity (Wildman–Crippen MR) is 75.2 cm³/mol. The first kappa shape index (κ1) is 13.8. The number of aromatic nitrogens is 3. The van der Waals surface area contributed by atoms with Crippen LogP contribution in [0, 0.1) is 0 Å². The number of nitrogens with two attached hydrogens (primary N) is 1. The fourth-order valence-electron chi connectivity index (χ4n) is 1.59. The summed E-state index contributed by atoms with van der Waals surface area (Å²) in [5.41, 5.74) is 6.89. The van der Waals surface area contributed by atoms with Gasteiger partial charge < -0.3 is 10.7 Å². The van der Waals surface area contributed by atoms with Crippen molar-refractivity contribution in [3.63, 3.8) is 0 Å². The third-order valence-corrected chi connectivity index (χ3v) is 3.66. The molecular weight excluding hydrogens is 260 g/mol. The van der Waals surface area contributed by atoms with E-state index in [4.69, 9.17) is 5.73 Å². The zero-order valence-corrected chi connectivity index (χ0v) is 11.5. The topological polar surface area (TPSA) is 84.7 Å². The van der Waals surface area contributed by atoms with Gasteiger partial charge in [0.05, 0.1) is 0 Å². The van der Waals surface area contributed by atoms with Crippen LogP contribution < -0.4 is 11.3 Å². The van der Waals surface area contributed by atoms with E-state index >= 15 is 0 Å². The molecule has 0 bridgehead atoms. The van der Waals surface area contributed by atoms with Gasteiger partial charge in [0, 0.05) is 24.5 Å². The van der Waals surface area contributed by atoms with Gasteiger partial charge in [-0.15, -0.1) is 0 Å². The minimum Gasteiger partial charge on any atom is -0.327 e. The number of nitrogens with zero attached hydrogens (tertiary/aromatic N) is 2. The summed E-state index contributed by atoms with van der Waals surface area (Å²) in [7, 11) is 0. The van der Waals surface area contributed by atoms with Crippen molar-refractivity contribution >= 4 is 11.8 Å². The Balaban J connectivity index is 2.22. The van der Waals surface area contributed by atoms with Crippen LogP contribution in [0.1, 0.15) is 18.9 Å². The molecule has 0 aliphatic heterocycles. The maximum absolute atomic E-state index is 11.2. The Labute approximate surface area is 115 Å². The Hall–Kier alpha value is -1.66. The first-order valence-electron chi connectivity index (χ1n) is 6.11. The number of hydrogen-bond acceptors (Lipinski definition) is 5. The van der Waals surface area contributed by atoms with E-state index in [0.717, 1.165) is 23.4 Å². The molecule has 0 aromatic carbocycles. The molecule has 2 aromatic heterocycles. The molecule has 1 unspecified atom stereocenters. The van der Waals surface area contributed by atoms with Crippen molar-refractivity contribution in [2.75, 3.05) is 0 Å². The molecule has 3 N–H and O–H groups in total. The van der Waals surface area contributed by atoms with Crippen LogP contribution in [0.15, 0.2) is 45.6 Å². The van der Waals surface area contributed by atoms with E-state index in [1.165, 1.54) is 24.0 Å². The lowest BCUT2D eigenvalue weighted by Crippen LogP contribution is -2.21. The third-order valence-electron chi connectivity index (χ3n) is 2.70. The van der Waals surface area contributed by atoms with Crippen LogP contribution >= 0.6 is 11.8 Å². The van der Waals surface area contributed by atoms with Gasteiger partial charge in [0.15, 0.2) is 5.16 Å². The smallest absolute Gasteiger partial charge is 0.251 e. The van der Waals surface area contributed by atoms with Gasteiger partial charge in [-0.3, -0.25) is 4.79 Å². The number of pyridine rings is 1. The van der Waals surface area contributed by atoms with Crippen LogP contribution in [0.5, 0.6) is 0 Å². The van der Waals surface area contributed by atoms with Gasteiger partial charge >= 0.3 is 0 Å². The van der Waals surface area contributed by atoms with Crippen molar-refractivity contribution in [3.8, 4) is 0 Å². The molecule has 2 aromatic rings. The molecule has 0 aliphatic rings. The highest BCUT2D eigenvalue weighted by Gasteiger charge is 2.10. The van der Waals surface area contributed by atoms with Crippen LogP contribution in [0.2, 0.25) is 0 Å². The lowest BCUT2D eigenvalue weighted by molar-refractivity contribution is 0.637. The maximum atomic E-state index is 11.2. The summed E-state index contributed by atoms with van der Waals surface area (Å²) in [6.45, 7) is 2.06. The number of aromatic amines is 1. The molecule has 2 heterocycles. The molecule has 0 spiro atoms. The highest BCUT2D eigenvalue weighted by Crippen LogP contribution is 2.25. The van der Waals surface area contributed by atoms with E-state index in [9.17, 15) is 4.79 Å². The predicted octanol–water partition coefficient (Wildman–Crippen LogP) is 1.60. The molecule has 0 fully saturated rings. The lowest BCUT2D eigenvalue weighted by Gasteiger charge is -2.11. The molecule has 2 rings (SSSR count). The molecular formula is C13H16N4OS. The average molecular weight is 276 g/mol. The van der Waals surface area contributed by atoms with Gasteiger partial charge in [-0.05, 0) is 36.2 Å². The second-order valence-electron chi connectivity index (χ2n) is 4.18. The normalized spacial score (nSPS) is 12.3. The first-order valence-corrected chi connectivity index (χ1v) is 6.93. The second kappa shape index (κ2) is 6.49. The number of H-pyrrole nitrogens is 1. The lowest BCUT2D eigenvalue weighted by atomic mass is 10.1. The van der Waals surface area contributed by atoms with Crippen molar-refractivity contribution in [1.29, 1.82) is 0 Å². The van der Waals surface area contributed by atoms with Gasteiger partial charge in [0.2, 0.25) is 0 Å². The van der Waals surface area contributed by atoms with E-state index in [1.807, 2.05) is 12.1 Å². The zero-order chi connectivity index (χ0) is 13.7. The molecule has 0 amide bonds. The third kappa shape index (κ3) is 3.90. The number of rotatable bonds is 5. The van der Waals surface area contributed by atoms with Gasteiger partial charge in [0.1, 0.15) is 5.03 Å². The quantitative estimate of drug-likeness (QED) is 0.810. The van der Waals surface area contributed by atoms with Crippen LogP contribution in [-0.4, -0.2) is 21.0 Å². The van der Waals surface area contributed by atoms with Crippen molar-refractivity contribution in [2.24, 2.45) is 5.73 Å². The van der Waals surface area contributed by atoms with Gasteiger partial charge in [-0.1, -0.05) is 13.0 Å². The van der Waals surface area contributed by atoms with Crippen LogP contribution in [-0.2, 0) is 6.42 Å². The number of hydrogen-bond donors (Lipinski definition) is 2. The molecule has 0 saturated heterocycles. The first-order chi connectivity index (χ1) is 9.19. The summed E-state index contributed by atoms with van der Waals surface area (Å²) in [4.78, 5) is 22.4. The van der Waals surface area contributed by atoms with Crippen molar-refractivity contribution in [3.05, 3.63) is 46.5 Å². The van der Waals surface area contributed by atoms with E-state index in [1.54, 1.807) is 6.20 Å². The molecule has 0 radical (unpaired) electrons. The van der Waals surface area contributed by atoms with Crippen LogP contribution in [0.4, 0.5) is 0 Å². The Morgan fingerprint density at radius 3 is 2.95 bits per heavy atom. The fraction of sp³-hybridized carbons (Fsp3) is 0.308. The molecule has 0 aliphatic carbocycles. The van der Waals surface area contributed by atoms with Crippen molar-refractivity contribution < 1.29 is 0 Å². The van der Waals surface area contributed by atoms with Gasteiger partial charge in [-0.25, -0.2) is 9.97 Å². The Kier molecular flexibility index (Phi) is 4.70. The monoisotopic (exact) mass is 276 g/mol. The molecule has 100 valence electrons. The van der Waals surface area contributed by atoms with Gasteiger partial charge in [-0.2, -0.15) is 0 Å². The minimum atomic E-state index is -0.166. The van der Waals surface area contributed by atoms with Crippen LogP contribution in [0.3, 0.4) is 0 Å². The Bertz CT molecular complexity index is 599. The Morgan fingerprint density at radius 2 is 2.21 bits per heavy atom. The zero-order valence-electron chi connectivity index (χ0n) is 10.7. The highest BCUT2D eigenvalue weighted by molar-refractivity contribution is 7.99. The molecule has 1 atom stereocenters. The van der Waals surface area contributed by atoms with Crippen LogP contribution in [0.25, 0.3) is 0 Å². The van der Waals surface area contributed by atoms with E-state index < -0.39 is 0 Å². The summed E-state index contributed by atoms with van der Waals surface area (Å²) in [5, 5.41) is 1.37. The second-order valence-corrected chi connectivity index (χ2v) is 5.16. The van der Waals surface area contributed by atoms with E-state index in [-0.39, 0.29) is 11.6 Å². The fourth-order valence-corrected chi connectivity index (χ4v) is 2.44. The van der Waals surface area contributed by atoms with E-state index in [0.29, 0.717) is 5.16 Å². The summed E-state index contributed by atoms with van der Waals surface area (Å²) in [5.74, 6) is 0. The van der Waals surface area contributed by atoms with Gasteiger partial charge in [0.25, 0.3) is 5.56 Å². The maximum Gasteiger partial charge on any atom is 0.251 e. The summed E-state index contributed by atoms with van der Waals surface area (Å²) in [6.07, 6.45) is 4.90. The molecule has 6 heteroatoms. The summed E-state index contributed by atoms with van der Waals surface area (Å²) >= 11 is 1.35. The number of nitrogens with one attached hydrogen (secondary N) is 1. The standard InChI is InChI=1S/C13H16N4OS/c1-2-10(14)8-9-4-3-6-15-12(9)19-13-16-7-5-11(18)17-13/h3-7,10H,2,8,14H2,1H3,(H,16,17,18). The highest BCUT2D eigenvalue weighted by atomic mass is 32.2. The summed E-state index contributed by atoms with van der Waals surface area (Å²) < 4.78 is 0. The minimum absolute atomic E-state index is 0.117. The summed E-state index contributed by atoms with van der Waals surface area (Å²) in [6, 6.07) is 5.40. The molecule has 5 nitrogen and oxygen atoms in total. The SMILES string of the molecule is CCC(N)Cc1cccnc1Sc1nccc(=O)[nH]1. The average Bonchev–Trinajstić information content (AvgIpc) is 2.41. The largest absolute Gasteiger partial charge is 0.327 e. The Morgan fingerprint density at radius 1 is 1.37 bits per heavy atom. The van der Waals surface area contributed by atoms with Crippen molar-refractivity contribution in [1.82, 2.24) is 15.0 Å². The molecule has 19 heavy (non-hydrogen) atoms. The molecule has 0 saturated carbocycles.